The van der Waals surface area contributed by atoms with Crippen LogP contribution in [0.4, 0.5) is 5.69 Å². The molecule has 0 saturated heterocycles. The standard InChI is InChI=1S/C16H14BrNO4/c1-20-13-7-10(8-14-15(13)22-6-5-21-14)16(19)18-12-4-2-3-11(17)9-12/h2-4,7-9H,5-6H2,1H3,(H,18,19). The number of fused-ring (bicyclic) bond motifs is 1. The second kappa shape index (κ2) is 6.27. The quantitative estimate of drug-likeness (QED) is 0.906. The van der Waals surface area contributed by atoms with Gasteiger partial charge in [0.1, 0.15) is 13.2 Å². The number of carbonyl (C=O) groups excluding carboxylic acids is 1. The molecule has 0 aliphatic carbocycles. The summed E-state index contributed by atoms with van der Waals surface area (Å²) in [5, 5.41) is 2.84. The zero-order valence-electron chi connectivity index (χ0n) is 11.9. The number of rotatable bonds is 3. The van der Waals surface area contributed by atoms with Crippen molar-refractivity contribution in [1.82, 2.24) is 0 Å². The van der Waals surface area contributed by atoms with Gasteiger partial charge in [0.15, 0.2) is 11.5 Å². The van der Waals surface area contributed by atoms with E-state index >= 15 is 0 Å². The van der Waals surface area contributed by atoms with Gasteiger partial charge in [-0.15, -0.1) is 0 Å². The summed E-state index contributed by atoms with van der Waals surface area (Å²) in [6, 6.07) is 10.7. The molecule has 5 nitrogen and oxygen atoms in total. The number of hydrogen-bond donors (Lipinski definition) is 1. The zero-order valence-corrected chi connectivity index (χ0v) is 13.5. The molecule has 1 heterocycles. The first-order valence-electron chi connectivity index (χ1n) is 6.72. The number of hydrogen-bond acceptors (Lipinski definition) is 4. The normalized spacial score (nSPS) is 12.6. The van der Waals surface area contributed by atoms with Gasteiger partial charge in [0.25, 0.3) is 5.91 Å². The van der Waals surface area contributed by atoms with Crippen molar-refractivity contribution in [3.8, 4) is 17.2 Å². The Balaban J connectivity index is 1.89. The van der Waals surface area contributed by atoms with Gasteiger partial charge >= 0.3 is 0 Å². The van der Waals surface area contributed by atoms with Crippen LogP contribution < -0.4 is 19.5 Å². The minimum Gasteiger partial charge on any atom is -0.493 e. The maximum Gasteiger partial charge on any atom is 0.255 e. The molecule has 0 unspecified atom stereocenters. The van der Waals surface area contributed by atoms with Gasteiger partial charge in [0.2, 0.25) is 5.75 Å². The van der Waals surface area contributed by atoms with Gasteiger partial charge in [-0.05, 0) is 30.3 Å². The molecule has 0 bridgehead atoms. The van der Waals surface area contributed by atoms with Crippen LogP contribution in [0.1, 0.15) is 10.4 Å². The fraction of sp³-hybridized carbons (Fsp3) is 0.188. The fourth-order valence-corrected chi connectivity index (χ4v) is 2.57. The SMILES string of the molecule is COc1cc(C(=O)Nc2cccc(Br)c2)cc2c1OCCO2. The third-order valence-electron chi connectivity index (χ3n) is 3.17. The molecular weight excluding hydrogens is 350 g/mol. The second-order valence-corrected chi connectivity index (χ2v) is 5.58. The average molecular weight is 364 g/mol. The van der Waals surface area contributed by atoms with E-state index in [2.05, 4.69) is 21.2 Å². The van der Waals surface area contributed by atoms with Crippen molar-refractivity contribution in [2.45, 2.75) is 0 Å². The van der Waals surface area contributed by atoms with Crippen molar-refractivity contribution >= 4 is 27.5 Å². The van der Waals surface area contributed by atoms with E-state index in [0.717, 1.165) is 4.47 Å². The summed E-state index contributed by atoms with van der Waals surface area (Å²) in [5.41, 5.74) is 1.15. The molecule has 0 radical (unpaired) electrons. The van der Waals surface area contributed by atoms with E-state index in [-0.39, 0.29) is 5.91 Å². The van der Waals surface area contributed by atoms with Crippen LogP contribution in [0.2, 0.25) is 0 Å². The molecule has 2 aromatic carbocycles. The molecule has 2 aromatic rings. The van der Waals surface area contributed by atoms with Crippen molar-refractivity contribution < 1.29 is 19.0 Å². The Labute approximate surface area is 136 Å². The van der Waals surface area contributed by atoms with Crippen molar-refractivity contribution in [1.29, 1.82) is 0 Å². The van der Waals surface area contributed by atoms with Crippen LogP contribution in [0, 0.1) is 0 Å². The zero-order chi connectivity index (χ0) is 15.5. The number of anilines is 1. The van der Waals surface area contributed by atoms with E-state index in [0.29, 0.717) is 41.7 Å². The number of benzene rings is 2. The Hall–Kier alpha value is -2.21. The first-order chi connectivity index (χ1) is 10.7. The van der Waals surface area contributed by atoms with Crippen molar-refractivity contribution in [2.24, 2.45) is 0 Å². The molecule has 1 aliphatic heterocycles. The van der Waals surface area contributed by atoms with Crippen LogP contribution >= 0.6 is 15.9 Å². The van der Waals surface area contributed by atoms with Crippen LogP contribution in [0.25, 0.3) is 0 Å². The molecule has 1 N–H and O–H groups in total. The van der Waals surface area contributed by atoms with Gasteiger partial charge in [-0.2, -0.15) is 0 Å². The topological polar surface area (TPSA) is 56.8 Å². The Morgan fingerprint density at radius 1 is 1.23 bits per heavy atom. The average Bonchev–Trinajstić information content (AvgIpc) is 2.53. The van der Waals surface area contributed by atoms with Crippen LogP contribution in [0.15, 0.2) is 40.9 Å². The summed E-state index contributed by atoms with van der Waals surface area (Å²) in [7, 11) is 1.53. The van der Waals surface area contributed by atoms with E-state index in [1.54, 1.807) is 12.1 Å². The summed E-state index contributed by atoms with van der Waals surface area (Å²) in [5.74, 6) is 1.29. The minimum atomic E-state index is -0.242. The summed E-state index contributed by atoms with van der Waals surface area (Å²) < 4.78 is 17.2. The number of ether oxygens (including phenoxy) is 3. The molecule has 0 spiro atoms. The van der Waals surface area contributed by atoms with E-state index in [1.165, 1.54) is 7.11 Å². The van der Waals surface area contributed by atoms with Crippen LogP contribution in [0.5, 0.6) is 17.2 Å². The molecule has 0 saturated carbocycles. The molecule has 0 fully saturated rings. The molecule has 3 rings (SSSR count). The molecule has 6 heteroatoms. The lowest BCUT2D eigenvalue weighted by atomic mass is 10.1. The fourth-order valence-electron chi connectivity index (χ4n) is 2.17. The lowest BCUT2D eigenvalue weighted by molar-refractivity contribution is 0.102. The Morgan fingerprint density at radius 3 is 2.82 bits per heavy atom. The van der Waals surface area contributed by atoms with Crippen molar-refractivity contribution in [3.05, 3.63) is 46.4 Å². The first kappa shape index (κ1) is 14.7. The van der Waals surface area contributed by atoms with E-state index < -0.39 is 0 Å². The molecule has 22 heavy (non-hydrogen) atoms. The smallest absolute Gasteiger partial charge is 0.255 e. The van der Waals surface area contributed by atoms with Gasteiger partial charge in [-0.1, -0.05) is 22.0 Å². The van der Waals surface area contributed by atoms with Gasteiger partial charge in [-0.3, -0.25) is 4.79 Å². The van der Waals surface area contributed by atoms with Gasteiger partial charge < -0.3 is 19.5 Å². The number of halogens is 1. The monoisotopic (exact) mass is 363 g/mol. The Bertz CT molecular complexity index is 700. The van der Waals surface area contributed by atoms with Crippen LogP contribution in [0.3, 0.4) is 0 Å². The minimum absolute atomic E-state index is 0.242. The molecule has 114 valence electrons. The number of amides is 1. The van der Waals surface area contributed by atoms with Crippen molar-refractivity contribution in [3.63, 3.8) is 0 Å². The molecule has 1 aliphatic rings. The molecule has 1 amide bonds. The Kier molecular flexibility index (Phi) is 4.20. The van der Waals surface area contributed by atoms with E-state index in [4.69, 9.17) is 14.2 Å². The summed E-state index contributed by atoms with van der Waals surface area (Å²) in [6.45, 7) is 0.916. The van der Waals surface area contributed by atoms with Crippen molar-refractivity contribution in [2.75, 3.05) is 25.6 Å². The Morgan fingerprint density at radius 2 is 2.05 bits per heavy atom. The summed E-state index contributed by atoms with van der Waals surface area (Å²) in [6.07, 6.45) is 0. The number of carbonyl (C=O) groups is 1. The highest BCUT2D eigenvalue weighted by atomic mass is 79.9. The first-order valence-corrected chi connectivity index (χ1v) is 7.51. The van der Waals surface area contributed by atoms with Crippen LogP contribution in [-0.4, -0.2) is 26.2 Å². The van der Waals surface area contributed by atoms with Gasteiger partial charge in [0.05, 0.1) is 7.11 Å². The lowest BCUT2D eigenvalue weighted by Crippen LogP contribution is -2.18. The highest BCUT2D eigenvalue weighted by molar-refractivity contribution is 9.10. The lowest BCUT2D eigenvalue weighted by Gasteiger charge is -2.21. The maximum absolute atomic E-state index is 12.4. The third-order valence-corrected chi connectivity index (χ3v) is 3.67. The summed E-state index contributed by atoms with van der Waals surface area (Å²) >= 11 is 3.37. The highest BCUT2D eigenvalue weighted by Gasteiger charge is 2.20. The second-order valence-electron chi connectivity index (χ2n) is 4.67. The van der Waals surface area contributed by atoms with Gasteiger partial charge in [-0.25, -0.2) is 0 Å². The highest BCUT2D eigenvalue weighted by Crippen LogP contribution is 2.40. The molecular formula is C16H14BrNO4. The molecule has 0 aromatic heterocycles. The van der Waals surface area contributed by atoms with Gasteiger partial charge in [0, 0.05) is 15.7 Å². The predicted molar refractivity (Wildman–Crippen MR) is 86.1 cm³/mol. The van der Waals surface area contributed by atoms with E-state index in [1.807, 2.05) is 24.3 Å². The summed E-state index contributed by atoms with van der Waals surface area (Å²) in [4.78, 5) is 12.4. The largest absolute Gasteiger partial charge is 0.493 e. The molecule has 0 atom stereocenters. The third kappa shape index (κ3) is 3.01. The van der Waals surface area contributed by atoms with E-state index in [9.17, 15) is 4.79 Å². The maximum atomic E-state index is 12.4. The number of nitrogens with one attached hydrogen (secondary N) is 1. The predicted octanol–water partition coefficient (Wildman–Crippen LogP) is 3.48. The number of methoxy groups -OCH3 is 1. The van der Waals surface area contributed by atoms with Crippen LogP contribution in [-0.2, 0) is 0 Å².